The predicted octanol–water partition coefficient (Wildman–Crippen LogP) is -15.9. The van der Waals surface area contributed by atoms with Crippen molar-refractivity contribution in [1.82, 2.24) is 0 Å². The van der Waals surface area contributed by atoms with E-state index in [-0.39, 0.29) is 0 Å². The third-order valence-electron chi connectivity index (χ3n) is 15.2. The maximum absolute atomic E-state index is 11.5. The molecule has 0 unspecified atom stereocenters. The third-order valence-corrected chi connectivity index (χ3v) is 15.2. The van der Waals surface area contributed by atoms with Crippen LogP contribution in [0.3, 0.4) is 0 Å². The minimum absolute atomic E-state index is 0.575. The molecule has 8 rings (SSSR count). The van der Waals surface area contributed by atoms with E-state index in [1.807, 2.05) is 0 Å². The Balaban J connectivity index is 0.887. The molecule has 0 bridgehead atoms. The molecule has 8 saturated heterocycles. The second-order valence-corrected chi connectivity index (χ2v) is 20.6. The van der Waals surface area contributed by atoms with Crippen molar-refractivity contribution in [2.75, 3.05) is 52.9 Å². The average Bonchev–Trinajstić information content (AvgIpc) is 4.27. The minimum Gasteiger partial charge on any atom is -0.394 e. The topological polar surface area (TPSA) is 584 Å². The maximum Gasteiger partial charge on any atom is 0.187 e. The van der Waals surface area contributed by atoms with Gasteiger partial charge in [-0.2, -0.15) is 0 Å². The van der Waals surface area contributed by atoms with E-state index in [1.54, 1.807) is 0 Å². The molecule has 37 nitrogen and oxygen atoms in total. The van der Waals surface area contributed by atoms with Crippen molar-refractivity contribution in [2.24, 2.45) is 0 Å². The standard InChI is InChI=1S/C44H74O37/c45-1-9-17(48)25(56)33(64)40(73-9)70-5-14-22(53)28(59)36(81-43-32(63)24(55)16(78-43)7-69-39-30(61)19(50)11(3-47)75-39)44(79-14)71-8-13-20(51)26(57)34(65)41(76-13)67-4-12-21(52)27(58)35(37(66)72-12)80-42-31(62)23(54)15(77-42)6-68-38-29(60)18(49)10(2-46)74-38/h9-66H,1-8H2/t9-,10+,11+,12-,13-,14-,15+,16+,17+,18+,19+,20+,21+,22+,23+,24+,25+,26+,27+,28+,29-,30-,31-,32-,33-,34-,35-,36-,37-,38-,39-,40-,41-,42+,43+,44-/m1/s1. The van der Waals surface area contributed by atoms with Crippen molar-refractivity contribution >= 4 is 0 Å². The lowest BCUT2D eigenvalue weighted by Crippen LogP contribution is -2.64. The van der Waals surface area contributed by atoms with Gasteiger partial charge in [0.1, 0.15) is 171 Å². The first-order valence-electron chi connectivity index (χ1n) is 25.8. The van der Waals surface area contributed by atoms with Gasteiger partial charge in [-0.05, 0) is 0 Å². The molecule has 8 heterocycles. The van der Waals surface area contributed by atoms with Crippen LogP contribution in [0.25, 0.3) is 0 Å². The van der Waals surface area contributed by atoms with Gasteiger partial charge in [0.15, 0.2) is 50.3 Å². The second kappa shape index (κ2) is 28.1. The number of ether oxygens (including phenoxy) is 15. The fraction of sp³-hybridized carbons (Fsp3) is 1.00. The van der Waals surface area contributed by atoms with Gasteiger partial charge in [0.2, 0.25) is 0 Å². The van der Waals surface area contributed by atoms with E-state index in [1.165, 1.54) is 0 Å². The Morgan fingerprint density at radius 3 is 0.802 bits per heavy atom. The van der Waals surface area contributed by atoms with Gasteiger partial charge in [0, 0.05) is 0 Å². The van der Waals surface area contributed by atoms with Gasteiger partial charge < -0.3 is 183 Å². The molecule has 0 aromatic heterocycles. The van der Waals surface area contributed by atoms with Crippen molar-refractivity contribution in [3.8, 4) is 0 Å². The molecule has 8 aliphatic heterocycles. The number of hydrogen-bond acceptors (Lipinski definition) is 37. The molecule has 0 amide bonds. The summed E-state index contributed by atoms with van der Waals surface area (Å²) >= 11 is 0. The van der Waals surface area contributed by atoms with E-state index in [2.05, 4.69) is 0 Å². The number of aliphatic hydroxyl groups excluding tert-OH is 22. The quantitative estimate of drug-likeness (QED) is 0.0479. The molecule has 8 aliphatic rings. The summed E-state index contributed by atoms with van der Waals surface area (Å²) in [7, 11) is 0. The van der Waals surface area contributed by atoms with Crippen LogP contribution >= 0.6 is 0 Å². The van der Waals surface area contributed by atoms with Crippen LogP contribution in [0.4, 0.5) is 0 Å². The van der Waals surface area contributed by atoms with Gasteiger partial charge in [0.25, 0.3) is 0 Å². The fourth-order valence-electron chi connectivity index (χ4n) is 10.1. The molecule has 0 spiro atoms. The minimum atomic E-state index is -2.13. The Labute approximate surface area is 457 Å². The lowest BCUT2D eigenvalue weighted by atomic mass is 9.97. The van der Waals surface area contributed by atoms with E-state index in [0.29, 0.717) is 0 Å². The molecule has 0 aliphatic carbocycles. The van der Waals surface area contributed by atoms with Crippen molar-refractivity contribution in [3.05, 3.63) is 0 Å². The van der Waals surface area contributed by atoms with Gasteiger partial charge in [-0.1, -0.05) is 0 Å². The molecule has 22 N–H and O–H groups in total. The van der Waals surface area contributed by atoms with Crippen LogP contribution in [0.1, 0.15) is 0 Å². The van der Waals surface area contributed by atoms with Crippen LogP contribution in [-0.4, -0.2) is 386 Å². The van der Waals surface area contributed by atoms with Gasteiger partial charge >= 0.3 is 0 Å². The number of aliphatic hydroxyl groups is 22. The molecule has 0 aromatic rings. The van der Waals surface area contributed by atoms with Gasteiger partial charge in [-0.3, -0.25) is 0 Å². The number of hydrogen-bond donors (Lipinski definition) is 22. The second-order valence-electron chi connectivity index (χ2n) is 20.6. The molecular formula is C44H74O37. The first-order valence-corrected chi connectivity index (χ1v) is 25.8. The van der Waals surface area contributed by atoms with Crippen LogP contribution in [0.2, 0.25) is 0 Å². The molecule has 81 heavy (non-hydrogen) atoms. The summed E-state index contributed by atoms with van der Waals surface area (Å²) in [5, 5.41) is 231. The molecule has 472 valence electrons. The summed E-state index contributed by atoms with van der Waals surface area (Å²) in [6.45, 7) is -5.97. The van der Waals surface area contributed by atoms with Crippen LogP contribution in [-0.2, 0) is 71.1 Å². The fourth-order valence-corrected chi connectivity index (χ4v) is 10.1. The smallest absolute Gasteiger partial charge is 0.187 e. The highest BCUT2D eigenvalue weighted by Crippen LogP contribution is 2.35. The molecule has 36 atom stereocenters. The van der Waals surface area contributed by atoms with E-state index < -0.39 is 274 Å². The van der Waals surface area contributed by atoms with E-state index in [0.717, 1.165) is 0 Å². The molecule has 0 aromatic carbocycles. The first kappa shape index (κ1) is 65.5. The third kappa shape index (κ3) is 14.0. The normalized spacial score (nSPS) is 53.4. The van der Waals surface area contributed by atoms with Crippen LogP contribution in [0.15, 0.2) is 0 Å². The Bertz CT molecular complexity index is 1920. The van der Waals surface area contributed by atoms with Crippen LogP contribution < -0.4 is 0 Å². The summed E-state index contributed by atoms with van der Waals surface area (Å²) in [6.07, 6.45) is -63.9. The largest absolute Gasteiger partial charge is 0.394 e. The summed E-state index contributed by atoms with van der Waals surface area (Å²) in [5.41, 5.74) is 0. The Morgan fingerprint density at radius 2 is 0.432 bits per heavy atom. The van der Waals surface area contributed by atoms with Gasteiger partial charge in [-0.15, -0.1) is 0 Å². The van der Waals surface area contributed by atoms with Gasteiger partial charge in [-0.25, -0.2) is 0 Å². The van der Waals surface area contributed by atoms with E-state index >= 15 is 0 Å². The predicted molar refractivity (Wildman–Crippen MR) is 240 cm³/mol. The zero-order valence-electron chi connectivity index (χ0n) is 42.4. The zero-order chi connectivity index (χ0) is 59.0. The molecular weight excluding hydrogens is 1120 g/mol. The monoisotopic (exact) mass is 1190 g/mol. The summed E-state index contributed by atoms with van der Waals surface area (Å²) < 4.78 is 83.0. The number of rotatable bonds is 22. The lowest BCUT2D eigenvalue weighted by Gasteiger charge is -2.45. The Morgan fingerprint density at radius 1 is 0.210 bits per heavy atom. The molecule has 37 heteroatoms. The molecule has 0 saturated carbocycles. The van der Waals surface area contributed by atoms with E-state index in [4.69, 9.17) is 71.1 Å². The summed E-state index contributed by atoms with van der Waals surface area (Å²) in [6, 6.07) is 0. The SMILES string of the molecule is OC[C@@H]1O[C@@H](OC[C@@H]2O[C@@H](O[C@@H]3[C@@H](O)[C@@H](O)[C@@H](CO[C@@H]4O[C@H](CO[C@@H]5O[C@H](CO[C@@H]6O[C@H](CO)[C@H](O)[C@H](O)[C@H]6O)[C@H](O)[C@H](O)[C@H]5O[C@@H]5O[C@@H](CO[C@@H]6O[C@@H](CO)[C@H](O)[C@H]6O)[C@H](O)[C@H]5O)[C@H](O)[C@H](O)[C@H]4O)O[C@H]3O)[C@H](O)[C@H]2O)[C@H](O)[C@H]1O. The highest BCUT2D eigenvalue weighted by Gasteiger charge is 2.56. The summed E-state index contributed by atoms with van der Waals surface area (Å²) in [5.74, 6) is 0. The van der Waals surface area contributed by atoms with Crippen molar-refractivity contribution < 1.29 is 183 Å². The van der Waals surface area contributed by atoms with E-state index in [9.17, 15) is 112 Å². The average molecular weight is 1200 g/mol. The molecule has 8 fully saturated rings. The first-order chi connectivity index (χ1) is 38.4. The highest BCUT2D eigenvalue weighted by atomic mass is 16.8. The Hall–Kier alpha value is -1.48. The lowest BCUT2D eigenvalue weighted by molar-refractivity contribution is -0.362. The molecule has 0 radical (unpaired) electrons. The van der Waals surface area contributed by atoms with Crippen LogP contribution in [0.5, 0.6) is 0 Å². The van der Waals surface area contributed by atoms with Crippen molar-refractivity contribution in [1.29, 1.82) is 0 Å². The Kier molecular flexibility index (Phi) is 22.7. The van der Waals surface area contributed by atoms with Crippen LogP contribution in [0, 0.1) is 0 Å². The van der Waals surface area contributed by atoms with Crippen molar-refractivity contribution in [2.45, 2.75) is 221 Å². The summed E-state index contributed by atoms with van der Waals surface area (Å²) in [4.78, 5) is 0. The maximum atomic E-state index is 11.5. The van der Waals surface area contributed by atoms with Gasteiger partial charge in [0.05, 0.1) is 52.9 Å². The highest BCUT2D eigenvalue weighted by molar-refractivity contribution is 4.98. The van der Waals surface area contributed by atoms with Crippen molar-refractivity contribution in [3.63, 3.8) is 0 Å². The zero-order valence-corrected chi connectivity index (χ0v) is 42.4.